The Bertz CT molecular complexity index is 413. The molecule has 0 amide bonds. The van der Waals surface area contributed by atoms with Gasteiger partial charge in [-0.25, -0.2) is 0 Å². The normalized spacial score (nSPS) is 22.3. The monoisotopic (exact) mass is 291 g/mol. The number of benzene rings is 1. The van der Waals surface area contributed by atoms with Gasteiger partial charge in [0, 0.05) is 6.54 Å². The first-order valence-corrected chi connectivity index (χ1v) is 8.46. The van der Waals surface area contributed by atoms with Crippen LogP contribution in [0.2, 0.25) is 0 Å². The van der Waals surface area contributed by atoms with Gasteiger partial charge in [0.1, 0.15) is 12.7 Å². The molecule has 21 heavy (non-hydrogen) atoms. The Labute approximate surface area is 129 Å². The van der Waals surface area contributed by atoms with E-state index < -0.39 is 0 Å². The summed E-state index contributed by atoms with van der Waals surface area (Å²) in [5, 5.41) is 0. The lowest BCUT2D eigenvalue weighted by molar-refractivity contribution is 0.0475. The third kappa shape index (κ3) is 4.37. The van der Waals surface area contributed by atoms with Crippen molar-refractivity contribution in [1.29, 1.82) is 0 Å². The van der Waals surface area contributed by atoms with Crippen LogP contribution in [0, 0.1) is 5.92 Å². The van der Waals surface area contributed by atoms with Crippen LogP contribution in [0.1, 0.15) is 40.0 Å². The summed E-state index contributed by atoms with van der Waals surface area (Å²) >= 11 is 0. The van der Waals surface area contributed by atoms with Crippen molar-refractivity contribution in [3.63, 3.8) is 0 Å². The fourth-order valence-electron chi connectivity index (χ4n) is 3.02. The standard InChI is InChI=1S/C16H23NO2.C2H6/c1-2-13-7-9-17(10-8-13)11-14-12-18-15-5-3-4-6-16(15)19-14;1-2/h3-6,13-14H,2,7-12H2,1H3;1-2H3. The first-order valence-electron chi connectivity index (χ1n) is 8.46. The van der Waals surface area contributed by atoms with E-state index in [1.165, 1.54) is 32.4 Å². The zero-order valence-electron chi connectivity index (χ0n) is 13.7. The Hall–Kier alpha value is -1.22. The van der Waals surface area contributed by atoms with Crippen molar-refractivity contribution in [2.45, 2.75) is 46.1 Å². The minimum Gasteiger partial charge on any atom is -0.486 e. The van der Waals surface area contributed by atoms with Crippen molar-refractivity contribution in [1.82, 2.24) is 4.90 Å². The van der Waals surface area contributed by atoms with Crippen LogP contribution >= 0.6 is 0 Å². The second-order valence-electron chi connectivity index (χ2n) is 5.65. The fourth-order valence-corrected chi connectivity index (χ4v) is 3.02. The second kappa shape index (κ2) is 8.28. The number of hydrogen-bond donors (Lipinski definition) is 0. The van der Waals surface area contributed by atoms with E-state index in [1.54, 1.807) is 0 Å². The summed E-state index contributed by atoms with van der Waals surface area (Å²) in [6, 6.07) is 7.94. The molecule has 0 aliphatic carbocycles. The Morgan fingerprint density at radius 1 is 1.10 bits per heavy atom. The lowest BCUT2D eigenvalue weighted by atomic mass is 9.94. The predicted octanol–water partition coefficient (Wildman–Crippen LogP) is 3.97. The number of para-hydroxylation sites is 2. The van der Waals surface area contributed by atoms with Gasteiger partial charge >= 0.3 is 0 Å². The molecule has 0 spiro atoms. The third-order valence-electron chi connectivity index (χ3n) is 4.31. The summed E-state index contributed by atoms with van der Waals surface area (Å²) in [5.74, 6) is 2.70. The average molecular weight is 291 g/mol. The molecule has 0 bridgehead atoms. The van der Waals surface area contributed by atoms with Crippen LogP contribution in [-0.2, 0) is 0 Å². The zero-order chi connectivity index (χ0) is 15.1. The molecule has 2 heterocycles. The molecule has 2 aliphatic rings. The number of piperidine rings is 1. The first-order chi connectivity index (χ1) is 10.3. The van der Waals surface area contributed by atoms with E-state index >= 15 is 0 Å². The molecule has 3 heteroatoms. The highest BCUT2D eigenvalue weighted by molar-refractivity contribution is 5.40. The predicted molar refractivity (Wildman–Crippen MR) is 87.2 cm³/mol. The van der Waals surface area contributed by atoms with Gasteiger partial charge in [0.05, 0.1) is 0 Å². The molecule has 3 nitrogen and oxygen atoms in total. The van der Waals surface area contributed by atoms with Crippen LogP contribution in [0.15, 0.2) is 24.3 Å². The summed E-state index contributed by atoms with van der Waals surface area (Å²) in [6.07, 6.45) is 4.17. The minimum atomic E-state index is 0.174. The summed E-state index contributed by atoms with van der Waals surface area (Å²) in [4.78, 5) is 2.52. The molecular formula is C18H29NO2. The topological polar surface area (TPSA) is 21.7 Å². The van der Waals surface area contributed by atoms with Gasteiger partial charge in [-0.3, -0.25) is 4.90 Å². The van der Waals surface area contributed by atoms with Crippen molar-refractivity contribution in [2.24, 2.45) is 5.92 Å². The van der Waals surface area contributed by atoms with Gasteiger partial charge in [-0.15, -0.1) is 0 Å². The molecule has 3 rings (SSSR count). The van der Waals surface area contributed by atoms with Crippen molar-refractivity contribution in [3.05, 3.63) is 24.3 Å². The highest BCUT2D eigenvalue weighted by Gasteiger charge is 2.25. The van der Waals surface area contributed by atoms with E-state index in [4.69, 9.17) is 9.47 Å². The van der Waals surface area contributed by atoms with Crippen LogP contribution in [0.25, 0.3) is 0 Å². The molecule has 0 aromatic heterocycles. The van der Waals surface area contributed by atoms with Gasteiger partial charge in [0.15, 0.2) is 11.5 Å². The molecule has 118 valence electrons. The Morgan fingerprint density at radius 3 is 2.43 bits per heavy atom. The van der Waals surface area contributed by atoms with Crippen LogP contribution in [0.4, 0.5) is 0 Å². The molecule has 0 N–H and O–H groups in total. The molecule has 1 atom stereocenters. The Morgan fingerprint density at radius 2 is 1.76 bits per heavy atom. The van der Waals surface area contributed by atoms with E-state index in [-0.39, 0.29) is 6.10 Å². The number of fused-ring (bicyclic) bond motifs is 1. The quantitative estimate of drug-likeness (QED) is 0.841. The minimum absolute atomic E-state index is 0.174. The maximum Gasteiger partial charge on any atom is 0.161 e. The maximum atomic E-state index is 6.02. The zero-order valence-corrected chi connectivity index (χ0v) is 13.7. The molecule has 1 aromatic carbocycles. The summed E-state index contributed by atoms with van der Waals surface area (Å²) < 4.78 is 11.8. The molecule has 1 fully saturated rings. The average Bonchev–Trinajstić information content (AvgIpc) is 2.57. The fraction of sp³-hybridized carbons (Fsp3) is 0.667. The van der Waals surface area contributed by atoms with E-state index in [0.717, 1.165) is 24.0 Å². The molecule has 1 unspecified atom stereocenters. The summed E-state index contributed by atoms with van der Waals surface area (Å²) in [6.45, 7) is 10.4. The molecule has 0 saturated carbocycles. The van der Waals surface area contributed by atoms with Crippen LogP contribution in [-0.4, -0.2) is 37.2 Å². The smallest absolute Gasteiger partial charge is 0.161 e. The summed E-state index contributed by atoms with van der Waals surface area (Å²) in [7, 11) is 0. The maximum absolute atomic E-state index is 6.02. The van der Waals surface area contributed by atoms with Crippen molar-refractivity contribution in [2.75, 3.05) is 26.2 Å². The van der Waals surface area contributed by atoms with Crippen LogP contribution in [0.5, 0.6) is 11.5 Å². The highest BCUT2D eigenvalue weighted by Crippen LogP contribution is 2.31. The van der Waals surface area contributed by atoms with Gasteiger partial charge < -0.3 is 9.47 Å². The SMILES string of the molecule is CC.CCC1CCN(CC2COc3ccccc3O2)CC1. The lowest BCUT2D eigenvalue weighted by Gasteiger charge is -2.35. The third-order valence-corrected chi connectivity index (χ3v) is 4.31. The first kappa shape index (κ1) is 16.2. The number of likely N-dealkylation sites (tertiary alicyclic amines) is 1. The van der Waals surface area contributed by atoms with Gasteiger partial charge in [0.2, 0.25) is 0 Å². The van der Waals surface area contributed by atoms with Gasteiger partial charge in [-0.1, -0.05) is 39.3 Å². The van der Waals surface area contributed by atoms with E-state index in [0.29, 0.717) is 6.61 Å². The van der Waals surface area contributed by atoms with Crippen molar-refractivity contribution < 1.29 is 9.47 Å². The highest BCUT2D eigenvalue weighted by atomic mass is 16.6. The van der Waals surface area contributed by atoms with E-state index in [2.05, 4.69) is 11.8 Å². The van der Waals surface area contributed by atoms with Gasteiger partial charge in [-0.2, -0.15) is 0 Å². The summed E-state index contributed by atoms with van der Waals surface area (Å²) in [5.41, 5.74) is 0. The molecule has 2 aliphatic heterocycles. The second-order valence-corrected chi connectivity index (χ2v) is 5.65. The van der Waals surface area contributed by atoms with Crippen molar-refractivity contribution >= 4 is 0 Å². The lowest BCUT2D eigenvalue weighted by Crippen LogP contribution is -2.44. The Balaban J connectivity index is 0.000000774. The molecular weight excluding hydrogens is 262 g/mol. The van der Waals surface area contributed by atoms with E-state index in [9.17, 15) is 0 Å². The molecule has 1 saturated heterocycles. The van der Waals surface area contributed by atoms with Gasteiger partial charge in [0.25, 0.3) is 0 Å². The Kier molecular flexibility index (Phi) is 6.37. The largest absolute Gasteiger partial charge is 0.486 e. The number of hydrogen-bond acceptors (Lipinski definition) is 3. The molecule has 0 radical (unpaired) electrons. The molecule has 1 aromatic rings. The number of rotatable bonds is 3. The van der Waals surface area contributed by atoms with E-state index in [1.807, 2.05) is 38.1 Å². The number of ether oxygens (including phenoxy) is 2. The van der Waals surface area contributed by atoms with Gasteiger partial charge in [-0.05, 0) is 44.0 Å². The van der Waals surface area contributed by atoms with Crippen LogP contribution < -0.4 is 9.47 Å². The van der Waals surface area contributed by atoms with Crippen molar-refractivity contribution in [3.8, 4) is 11.5 Å². The van der Waals surface area contributed by atoms with Crippen LogP contribution in [0.3, 0.4) is 0 Å². The number of nitrogens with zero attached hydrogens (tertiary/aromatic N) is 1.